The summed E-state index contributed by atoms with van der Waals surface area (Å²) in [6, 6.07) is 2.46. The Morgan fingerprint density at radius 2 is 2.05 bits per heavy atom. The van der Waals surface area contributed by atoms with Gasteiger partial charge in [-0.2, -0.15) is 0 Å². The van der Waals surface area contributed by atoms with Crippen LogP contribution >= 0.6 is 11.6 Å². The van der Waals surface area contributed by atoms with Gasteiger partial charge in [-0.15, -0.1) is 0 Å². The number of nitro groups is 1. The minimum absolute atomic E-state index is 0.00404. The Morgan fingerprint density at radius 3 is 2.57 bits per heavy atom. The van der Waals surface area contributed by atoms with Crippen LogP contribution in [0.3, 0.4) is 0 Å². The quantitative estimate of drug-likeness (QED) is 0.478. The number of carbonyl (C=O) groups is 1. The predicted octanol–water partition coefficient (Wildman–Crippen LogP) is 0.738. The van der Waals surface area contributed by atoms with Gasteiger partial charge in [0.05, 0.1) is 9.95 Å². The first-order valence-corrected chi connectivity index (χ1v) is 7.89. The highest BCUT2D eigenvalue weighted by atomic mass is 35.5. The van der Waals surface area contributed by atoms with Crippen LogP contribution in [-0.2, 0) is 10.8 Å². The van der Waals surface area contributed by atoms with Crippen LogP contribution < -0.4 is 11.3 Å². The molecule has 2 rings (SSSR count). The van der Waals surface area contributed by atoms with E-state index in [1.165, 1.54) is 11.0 Å². The standard InChI is InChI=1S/C11H13ClN4O4S/c12-8-5-7(6-9(16(18)19)10(8)14-13)11(17)15-1-3-21(20)4-2-15/h5-6,14H,1-4,13H2. The summed E-state index contributed by atoms with van der Waals surface area (Å²) in [6.07, 6.45) is 0. The van der Waals surface area contributed by atoms with E-state index in [1.54, 1.807) is 0 Å². The van der Waals surface area contributed by atoms with Crippen molar-refractivity contribution in [2.45, 2.75) is 0 Å². The third kappa shape index (κ3) is 3.31. The monoisotopic (exact) mass is 332 g/mol. The predicted molar refractivity (Wildman–Crippen MR) is 79.7 cm³/mol. The normalized spacial score (nSPS) is 15.8. The molecule has 0 unspecified atom stereocenters. The Bertz CT molecular complexity index is 614. The minimum atomic E-state index is -0.910. The molecule has 0 radical (unpaired) electrons. The molecule has 0 bridgehead atoms. The van der Waals surface area contributed by atoms with E-state index in [2.05, 4.69) is 5.43 Å². The number of anilines is 1. The highest BCUT2D eigenvalue weighted by Gasteiger charge is 2.25. The van der Waals surface area contributed by atoms with Crippen LogP contribution in [-0.4, -0.2) is 44.5 Å². The molecule has 1 aliphatic heterocycles. The van der Waals surface area contributed by atoms with Gasteiger partial charge in [0, 0.05) is 47.0 Å². The summed E-state index contributed by atoms with van der Waals surface area (Å²) in [5.74, 6) is 5.64. The molecule has 1 saturated heterocycles. The van der Waals surface area contributed by atoms with E-state index < -0.39 is 15.7 Å². The number of nitrogens with one attached hydrogen (secondary N) is 1. The minimum Gasteiger partial charge on any atom is -0.337 e. The van der Waals surface area contributed by atoms with E-state index >= 15 is 0 Å². The van der Waals surface area contributed by atoms with Crippen LogP contribution in [0.5, 0.6) is 0 Å². The van der Waals surface area contributed by atoms with Crippen molar-refractivity contribution in [2.75, 3.05) is 30.0 Å². The maximum absolute atomic E-state index is 12.3. The molecule has 1 aliphatic rings. The molecule has 114 valence electrons. The molecule has 21 heavy (non-hydrogen) atoms. The highest BCUT2D eigenvalue weighted by molar-refractivity contribution is 7.85. The molecule has 0 aromatic heterocycles. The largest absolute Gasteiger partial charge is 0.337 e. The second-order valence-corrected chi connectivity index (χ2v) is 6.50. The van der Waals surface area contributed by atoms with E-state index in [0.29, 0.717) is 24.6 Å². The lowest BCUT2D eigenvalue weighted by molar-refractivity contribution is -0.384. The first kappa shape index (κ1) is 15.7. The summed E-state index contributed by atoms with van der Waals surface area (Å²) >= 11 is 5.92. The summed E-state index contributed by atoms with van der Waals surface area (Å²) < 4.78 is 11.3. The Kier molecular flexibility index (Phi) is 4.76. The zero-order valence-electron chi connectivity index (χ0n) is 10.9. The van der Waals surface area contributed by atoms with Crippen LogP contribution in [0, 0.1) is 10.1 Å². The zero-order chi connectivity index (χ0) is 15.6. The van der Waals surface area contributed by atoms with E-state index in [4.69, 9.17) is 17.4 Å². The fraction of sp³-hybridized carbons (Fsp3) is 0.364. The molecule has 3 N–H and O–H groups in total. The Balaban J connectivity index is 2.33. The smallest absolute Gasteiger partial charge is 0.295 e. The lowest BCUT2D eigenvalue weighted by atomic mass is 10.1. The van der Waals surface area contributed by atoms with Gasteiger partial charge < -0.3 is 10.3 Å². The number of nitrogens with two attached hydrogens (primary N) is 1. The maximum atomic E-state index is 12.3. The molecule has 1 aromatic rings. The number of hydrogen-bond donors (Lipinski definition) is 2. The summed E-state index contributed by atoms with van der Waals surface area (Å²) in [7, 11) is -0.910. The topological polar surface area (TPSA) is 119 Å². The van der Waals surface area contributed by atoms with Gasteiger partial charge >= 0.3 is 0 Å². The van der Waals surface area contributed by atoms with Gasteiger partial charge in [-0.1, -0.05) is 11.6 Å². The Morgan fingerprint density at radius 1 is 1.43 bits per heavy atom. The van der Waals surface area contributed by atoms with Crippen molar-refractivity contribution in [3.63, 3.8) is 0 Å². The van der Waals surface area contributed by atoms with Gasteiger partial charge in [-0.3, -0.25) is 25.0 Å². The van der Waals surface area contributed by atoms with Crippen LogP contribution in [0.4, 0.5) is 11.4 Å². The number of hydrazine groups is 1. The van der Waals surface area contributed by atoms with Gasteiger partial charge in [0.15, 0.2) is 0 Å². The number of nitrogen functional groups attached to an aromatic ring is 1. The van der Waals surface area contributed by atoms with Crippen molar-refractivity contribution in [3.8, 4) is 0 Å². The van der Waals surface area contributed by atoms with Crippen molar-refractivity contribution < 1.29 is 13.9 Å². The van der Waals surface area contributed by atoms with Crippen LogP contribution in [0.25, 0.3) is 0 Å². The van der Waals surface area contributed by atoms with Crippen molar-refractivity contribution in [2.24, 2.45) is 5.84 Å². The van der Waals surface area contributed by atoms with Crippen LogP contribution in [0.15, 0.2) is 12.1 Å². The van der Waals surface area contributed by atoms with Crippen LogP contribution in [0.2, 0.25) is 5.02 Å². The second-order valence-electron chi connectivity index (χ2n) is 4.39. The third-order valence-electron chi connectivity index (χ3n) is 3.12. The van der Waals surface area contributed by atoms with Crippen molar-refractivity contribution >= 4 is 39.7 Å². The number of hydrogen-bond acceptors (Lipinski definition) is 6. The molecule has 8 nitrogen and oxygen atoms in total. The van der Waals surface area contributed by atoms with E-state index in [0.717, 1.165) is 6.07 Å². The van der Waals surface area contributed by atoms with Gasteiger partial charge in [0.2, 0.25) is 0 Å². The number of halogens is 1. The maximum Gasteiger partial charge on any atom is 0.295 e. The number of amides is 1. The van der Waals surface area contributed by atoms with Crippen LogP contribution in [0.1, 0.15) is 10.4 Å². The highest BCUT2D eigenvalue weighted by Crippen LogP contribution is 2.33. The second kappa shape index (κ2) is 6.37. The van der Waals surface area contributed by atoms with Crippen molar-refractivity contribution in [1.29, 1.82) is 0 Å². The number of benzene rings is 1. The van der Waals surface area contributed by atoms with Gasteiger partial charge in [-0.05, 0) is 6.07 Å². The SMILES string of the molecule is NNc1c(Cl)cc(C(=O)N2CCS(=O)CC2)cc1[N+](=O)[O-]. The molecule has 1 fully saturated rings. The number of carbonyl (C=O) groups excluding carboxylic acids is 1. The molecule has 10 heteroatoms. The molecule has 0 saturated carbocycles. The number of nitrogens with zero attached hydrogens (tertiary/aromatic N) is 2. The molecule has 0 atom stereocenters. The molecule has 0 spiro atoms. The molecule has 1 aromatic carbocycles. The lowest BCUT2D eigenvalue weighted by Gasteiger charge is -2.26. The Labute approximate surface area is 127 Å². The summed E-state index contributed by atoms with van der Waals surface area (Å²) in [6.45, 7) is 0.710. The van der Waals surface area contributed by atoms with Gasteiger partial charge in [0.1, 0.15) is 5.69 Å². The van der Waals surface area contributed by atoms with E-state index in [1.807, 2.05) is 0 Å². The van der Waals surface area contributed by atoms with Gasteiger partial charge in [-0.25, -0.2) is 0 Å². The fourth-order valence-corrected chi connectivity index (χ4v) is 3.35. The lowest BCUT2D eigenvalue weighted by Crippen LogP contribution is -2.41. The molecule has 0 aliphatic carbocycles. The first-order valence-electron chi connectivity index (χ1n) is 6.03. The molecular formula is C11H13ClN4O4S. The van der Waals surface area contributed by atoms with E-state index in [-0.39, 0.29) is 27.9 Å². The number of rotatable bonds is 3. The van der Waals surface area contributed by atoms with Crippen molar-refractivity contribution in [3.05, 3.63) is 32.8 Å². The zero-order valence-corrected chi connectivity index (χ0v) is 12.4. The summed E-state index contributed by atoms with van der Waals surface area (Å²) in [5.41, 5.74) is 1.86. The Hall–Kier alpha value is -1.71. The third-order valence-corrected chi connectivity index (χ3v) is 4.70. The van der Waals surface area contributed by atoms with E-state index in [9.17, 15) is 19.1 Å². The van der Waals surface area contributed by atoms with Gasteiger partial charge in [0.25, 0.3) is 11.6 Å². The number of nitro benzene ring substituents is 1. The van der Waals surface area contributed by atoms with Crippen molar-refractivity contribution in [1.82, 2.24) is 4.90 Å². The first-order chi connectivity index (χ1) is 9.93. The molecular weight excluding hydrogens is 320 g/mol. The fourth-order valence-electron chi connectivity index (χ4n) is 2.03. The summed E-state index contributed by atoms with van der Waals surface area (Å²) in [4.78, 5) is 24.2. The molecule has 1 heterocycles. The average molecular weight is 333 g/mol. The average Bonchev–Trinajstić information content (AvgIpc) is 2.46. The summed E-state index contributed by atoms with van der Waals surface area (Å²) in [5, 5.41) is 11.0. The molecule has 1 amide bonds.